The molecule has 7 nitrogen and oxygen atoms in total. The van der Waals surface area contributed by atoms with Crippen molar-refractivity contribution in [3.8, 4) is 28.7 Å². The smallest absolute Gasteiger partial charge is 0.235 e. The third-order valence-corrected chi connectivity index (χ3v) is 5.28. The lowest BCUT2D eigenvalue weighted by molar-refractivity contribution is 0.0416. The molecule has 0 aromatic heterocycles. The summed E-state index contributed by atoms with van der Waals surface area (Å²) in [4.78, 5) is 15.2. The van der Waals surface area contributed by atoms with E-state index in [1.54, 1.807) is 6.08 Å². The van der Waals surface area contributed by atoms with E-state index in [0.29, 0.717) is 0 Å². The van der Waals surface area contributed by atoms with Gasteiger partial charge in [-0.05, 0) is 136 Å². The molecule has 0 bridgehead atoms. The number of benzene rings is 2. The van der Waals surface area contributed by atoms with Gasteiger partial charge in [0, 0.05) is 0 Å². The quantitative estimate of drug-likeness (QED) is 0.153. The van der Waals surface area contributed by atoms with E-state index in [1.165, 1.54) is 0 Å². The van der Waals surface area contributed by atoms with E-state index >= 15 is 4.79 Å². The Morgan fingerprint density at radius 3 is 1.07 bits per heavy atom. The van der Waals surface area contributed by atoms with Crippen LogP contribution in [0.15, 0.2) is 36.1 Å². The first-order valence-electron chi connectivity index (χ1n) is 16.1. The second-order valence-electron chi connectivity index (χ2n) is 17.6. The molecule has 0 radical (unpaired) electrons. The highest BCUT2D eigenvalue weighted by atomic mass is 16.6. The standard InChI is InChI=1S/C39H60O7/c1-34(2,3)41-26(24-25-22-20-19-21-23-25)28(40)27-29(42-35(4,5)6)31(44-37(10,11)12)33(46-39(16,17)18)32(45-38(13,14)15)30(27)43-36(7,8)9/h19-24H,1-18H3. The van der Waals surface area contributed by atoms with E-state index in [0.717, 1.165) is 5.56 Å². The minimum absolute atomic E-state index is 0.115. The number of ketones is 1. The van der Waals surface area contributed by atoms with Gasteiger partial charge in [-0.15, -0.1) is 0 Å². The summed E-state index contributed by atoms with van der Waals surface area (Å²) in [6, 6.07) is 9.59. The Morgan fingerprint density at radius 2 is 0.761 bits per heavy atom. The highest BCUT2D eigenvalue weighted by molar-refractivity contribution is 6.15. The SMILES string of the molecule is CC(C)(C)OC(=Cc1ccccc1)C(=O)c1c(OC(C)(C)C)c(OC(C)(C)C)c(OC(C)(C)C)c(OC(C)(C)C)c1OC(C)(C)C. The zero-order valence-electron chi connectivity index (χ0n) is 31.8. The van der Waals surface area contributed by atoms with Crippen molar-refractivity contribution in [1.82, 2.24) is 0 Å². The molecule has 0 atom stereocenters. The summed E-state index contributed by atoms with van der Waals surface area (Å²) >= 11 is 0. The van der Waals surface area contributed by atoms with Gasteiger partial charge in [0.2, 0.25) is 23.0 Å². The van der Waals surface area contributed by atoms with Gasteiger partial charge in [0.15, 0.2) is 17.3 Å². The van der Waals surface area contributed by atoms with Crippen LogP contribution in [0, 0.1) is 0 Å². The van der Waals surface area contributed by atoms with Crippen LogP contribution in [0.2, 0.25) is 0 Å². The van der Waals surface area contributed by atoms with E-state index in [2.05, 4.69) is 0 Å². The van der Waals surface area contributed by atoms with Crippen molar-refractivity contribution >= 4 is 11.9 Å². The van der Waals surface area contributed by atoms with Crippen LogP contribution in [0.4, 0.5) is 0 Å². The summed E-state index contributed by atoms with van der Waals surface area (Å²) in [6.07, 6.45) is 1.74. The molecule has 0 unspecified atom stereocenters. The first kappa shape index (κ1) is 38.8. The van der Waals surface area contributed by atoms with Gasteiger partial charge in [-0.3, -0.25) is 4.79 Å². The van der Waals surface area contributed by atoms with Gasteiger partial charge in [-0.1, -0.05) is 30.3 Å². The molecule has 2 rings (SSSR count). The van der Waals surface area contributed by atoms with Crippen molar-refractivity contribution in [3.05, 3.63) is 47.2 Å². The first-order chi connectivity index (χ1) is 20.4. The van der Waals surface area contributed by atoms with Gasteiger partial charge in [-0.25, -0.2) is 0 Å². The number of ether oxygens (including phenoxy) is 6. The lowest BCUT2D eigenvalue weighted by Crippen LogP contribution is -2.33. The lowest BCUT2D eigenvalue weighted by Gasteiger charge is -2.36. The Labute approximate surface area is 278 Å². The molecule has 46 heavy (non-hydrogen) atoms. The number of allylic oxidation sites excluding steroid dienone is 1. The molecule has 0 spiro atoms. The molecule has 2 aromatic carbocycles. The number of hydrogen-bond acceptors (Lipinski definition) is 7. The fourth-order valence-electron chi connectivity index (χ4n) is 4.14. The Hall–Kier alpha value is -3.35. The molecule has 0 amide bonds. The van der Waals surface area contributed by atoms with E-state index in [9.17, 15) is 0 Å². The third-order valence-electron chi connectivity index (χ3n) is 5.28. The molecule has 2 aromatic rings. The van der Waals surface area contributed by atoms with Gasteiger partial charge in [-0.2, -0.15) is 0 Å². The summed E-state index contributed by atoms with van der Waals surface area (Å²) in [5, 5.41) is 0. The average molecular weight is 641 g/mol. The van der Waals surface area contributed by atoms with E-state index < -0.39 is 39.4 Å². The second kappa shape index (κ2) is 13.4. The summed E-state index contributed by atoms with van der Waals surface area (Å²) in [5.74, 6) is 0.818. The maximum absolute atomic E-state index is 15.2. The minimum Gasteiger partial charge on any atom is -0.484 e. The van der Waals surface area contributed by atoms with Crippen LogP contribution in [-0.2, 0) is 4.74 Å². The molecule has 0 aliphatic heterocycles. The maximum Gasteiger partial charge on any atom is 0.235 e. The van der Waals surface area contributed by atoms with Crippen LogP contribution in [0.5, 0.6) is 28.7 Å². The lowest BCUT2D eigenvalue weighted by atomic mass is 9.99. The highest BCUT2D eigenvalue weighted by Gasteiger charge is 2.41. The van der Waals surface area contributed by atoms with Crippen molar-refractivity contribution < 1.29 is 33.2 Å². The zero-order chi connectivity index (χ0) is 35.7. The second-order valence-corrected chi connectivity index (χ2v) is 17.6. The number of carbonyl (C=O) groups is 1. The monoisotopic (exact) mass is 640 g/mol. The largest absolute Gasteiger partial charge is 0.484 e. The molecule has 0 saturated carbocycles. The van der Waals surface area contributed by atoms with Crippen molar-refractivity contribution in [2.24, 2.45) is 0 Å². The molecule has 0 aliphatic rings. The van der Waals surface area contributed by atoms with E-state index in [1.807, 2.05) is 155 Å². The summed E-state index contributed by atoms with van der Waals surface area (Å²) in [5.41, 5.74) is -3.36. The molecular weight excluding hydrogens is 580 g/mol. The summed E-state index contributed by atoms with van der Waals surface area (Å²) < 4.78 is 39.9. The first-order valence-corrected chi connectivity index (χ1v) is 16.1. The molecule has 258 valence electrons. The van der Waals surface area contributed by atoms with Crippen molar-refractivity contribution in [2.75, 3.05) is 0 Å². The molecule has 7 heteroatoms. The Kier molecular flexibility index (Phi) is 11.3. The van der Waals surface area contributed by atoms with E-state index in [-0.39, 0.29) is 40.1 Å². The number of rotatable bonds is 9. The summed E-state index contributed by atoms with van der Waals surface area (Å²) in [6.45, 7) is 34.7. The van der Waals surface area contributed by atoms with Crippen molar-refractivity contribution in [1.29, 1.82) is 0 Å². The van der Waals surface area contributed by atoms with Gasteiger partial charge in [0.05, 0.1) is 0 Å². The van der Waals surface area contributed by atoms with Crippen molar-refractivity contribution in [3.63, 3.8) is 0 Å². The normalized spacial score (nSPS) is 13.7. The predicted molar refractivity (Wildman–Crippen MR) is 188 cm³/mol. The van der Waals surface area contributed by atoms with Crippen LogP contribution in [0.1, 0.15) is 141 Å². The van der Waals surface area contributed by atoms with Crippen LogP contribution >= 0.6 is 0 Å². The average Bonchev–Trinajstić information content (AvgIpc) is 2.79. The Balaban J connectivity index is 3.35. The fourth-order valence-corrected chi connectivity index (χ4v) is 4.14. The Morgan fingerprint density at radius 1 is 0.457 bits per heavy atom. The van der Waals surface area contributed by atoms with Gasteiger partial charge >= 0.3 is 0 Å². The van der Waals surface area contributed by atoms with Gasteiger partial charge in [0.1, 0.15) is 39.2 Å². The maximum atomic E-state index is 15.2. The fraction of sp³-hybridized carbons (Fsp3) is 0.615. The number of carbonyl (C=O) groups excluding carboxylic acids is 1. The third kappa shape index (κ3) is 12.8. The topological polar surface area (TPSA) is 72.5 Å². The molecule has 0 N–H and O–H groups in total. The molecule has 0 heterocycles. The molecule has 0 aliphatic carbocycles. The molecule has 0 saturated heterocycles. The van der Waals surface area contributed by atoms with Crippen LogP contribution < -0.4 is 23.7 Å². The summed E-state index contributed by atoms with van der Waals surface area (Å²) in [7, 11) is 0. The number of Topliss-reactive ketones (excluding diaryl/α,β-unsaturated/α-hetero) is 1. The number of hydrogen-bond donors (Lipinski definition) is 0. The van der Waals surface area contributed by atoms with Crippen LogP contribution in [-0.4, -0.2) is 39.4 Å². The van der Waals surface area contributed by atoms with Crippen LogP contribution in [0.25, 0.3) is 6.08 Å². The van der Waals surface area contributed by atoms with E-state index in [4.69, 9.17) is 28.4 Å². The van der Waals surface area contributed by atoms with Gasteiger partial charge in [0.25, 0.3) is 0 Å². The Bertz CT molecular complexity index is 1320. The highest BCUT2D eigenvalue weighted by Crippen LogP contribution is 2.58. The van der Waals surface area contributed by atoms with Crippen LogP contribution in [0.3, 0.4) is 0 Å². The zero-order valence-corrected chi connectivity index (χ0v) is 31.8. The van der Waals surface area contributed by atoms with Gasteiger partial charge < -0.3 is 28.4 Å². The minimum atomic E-state index is -0.746. The molecular formula is C39H60O7. The molecule has 0 fully saturated rings. The van der Waals surface area contributed by atoms with Crippen molar-refractivity contribution in [2.45, 2.75) is 158 Å². The predicted octanol–water partition coefficient (Wildman–Crippen LogP) is 10.6.